The van der Waals surface area contributed by atoms with Gasteiger partial charge in [-0.05, 0) is 24.0 Å². The van der Waals surface area contributed by atoms with Gasteiger partial charge in [0.2, 0.25) is 0 Å². The van der Waals surface area contributed by atoms with Crippen molar-refractivity contribution in [2.45, 2.75) is 166 Å². The molecule has 0 bridgehead atoms. The molecule has 2 aliphatic heterocycles. The van der Waals surface area contributed by atoms with Gasteiger partial charge in [-0.15, -0.1) is 0 Å². The van der Waals surface area contributed by atoms with Crippen LogP contribution in [-0.4, -0.2) is 25.4 Å². The van der Waals surface area contributed by atoms with Crippen molar-refractivity contribution >= 4 is 0 Å². The monoisotopic (exact) mass is 590 g/mol. The smallest absolute Gasteiger partial charge is 0.123 e. The molecule has 2 aromatic rings. The predicted molar refractivity (Wildman–Crippen MR) is 180 cm³/mol. The van der Waals surface area contributed by atoms with Gasteiger partial charge in [-0.2, -0.15) is 0 Å². The number of rotatable bonds is 26. The molecule has 240 valence electrons. The van der Waals surface area contributed by atoms with E-state index in [2.05, 4.69) is 74.5 Å². The Morgan fingerprint density at radius 1 is 0.488 bits per heavy atom. The Balaban J connectivity index is 1.46. The van der Waals surface area contributed by atoms with Crippen LogP contribution >= 0.6 is 0 Å². The third kappa shape index (κ3) is 10.7. The molecular weight excluding hydrogens is 528 g/mol. The molecule has 2 aromatic carbocycles. The van der Waals surface area contributed by atoms with Crippen molar-refractivity contribution in [1.29, 1.82) is 0 Å². The molecule has 2 saturated heterocycles. The van der Waals surface area contributed by atoms with Gasteiger partial charge in [-0.1, -0.05) is 190 Å². The SMILES string of the molecule is CCCCCCCCCCCC(OC(CCCCCCCCCCC)(c1ccccc1)C1CO1)(c1ccccc1)C1CO1. The van der Waals surface area contributed by atoms with Gasteiger partial charge in [-0.25, -0.2) is 0 Å². The molecule has 0 radical (unpaired) electrons. The summed E-state index contributed by atoms with van der Waals surface area (Å²) in [5, 5.41) is 0. The Bertz CT molecular complexity index is 890. The maximum absolute atomic E-state index is 7.74. The molecule has 4 atom stereocenters. The fourth-order valence-electron chi connectivity index (χ4n) is 7.13. The molecule has 0 aromatic heterocycles. The van der Waals surface area contributed by atoms with Crippen molar-refractivity contribution in [2.24, 2.45) is 0 Å². The number of benzene rings is 2. The summed E-state index contributed by atoms with van der Waals surface area (Å²) in [4.78, 5) is 0. The molecule has 0 amide bonds. The summed E-state index contributed by atoms with van der Waals surface area (Å²) < 4.78 is 20.1. The van der Waals surface area contributed by atoms with E-state index in [1.807, 2.05) is 0 Å². The number of unbranched alkanes of at least 4 members (excludes halogenated alkanes) is 16. The first kappa shape index (κ1) is 34.2. The third-order valence-electron chi connectivity index (χ3n) is 9.90. The highest BCUT2D eigenvalue weighted by atomic mass is 16.6. The maximum atomic E-state index is 7.74. The zero-order chi connectivity index (χ0) is 30.1. The molecular formula is C40H62O3. The van der Waals surface area contributed by atoms with Crippen LogP contribution in [0.5, 0.6) is 0 Å². The summed E-state index contributed by atoms with van der Waals surface area (Å²) in [6.07, 6.45) is 26.1. The van der Waals surface area contributed by atoms with Gasteiger partial charge in [0, 0.05) is 0 Å². The number of ether oxygens (including phenoxy) is 3. The second-order valence-electron chi connectivity index (χ2n) is 13.4. The first-order valence-electron chi connectivity index (χ1n) is 18.3. The molecule has 43 heavy (non-hydrogen) atoms. The number of hydrogen-bond acceptors (Lipinski definition) is 3. The lowest BCUT2D eigenvalue weighted by Gasteiger charge is -2.44. The van der Waals surface area contributed by atoms with Crippen molar-refractivity contribution in [3.63, 3.8) is 0 Å². The quantitative estimate of drug-likeness (QED) is 0.0807. The summed E-state index contributed by atoms with van der Waals surface area (Å²) in [6.45, 7) is 6.15. The molecule has 4 rings (SSSR count). The van der Waals surface area contributed by atoms with Crippen LogP contribution < -0.4 is 0 Å². The third-order valence-corrected chi connectivity index (χ3v) is 9.90. The van der Waals surface area contributed by atoms with E-state index in [4.69, 9.17) is 14.2 Å². The van der Waals surface area contributed by atoms with Crippen LogP contribution in [0.15, 0.2) is 60.7 Å². The van der Waals surface area contributed by atoms with Crippen LogP contribution in [0.4, 0.5) is 0 Å². The molecule has 2 aliphatic rings. The van der Waals surface area contributed by atoms with Crippen molar-refractivity contribution in [2.75, 3.05) is 13.2 Å². The summed E-state index contributed by atoms with van der Waals surface area (Å²) >= 11 is 0. The van der Waals surface area contributed by atoms with Crippen molar-refractivity contribution in [1.82, 2.24) is 0 Å². The lowest BCUT2D eigenvalue weighted by Crippen LogP contribution is -2.48. The average Bonchev–Trinajstić information content (AvgIpc) is 3.97. The number of epoxide rings is 2. The van der Waals surface area contributed by atoms with E-state index in [-0.39, 0.29) is 12.2 Å². The highest BCUT2D eigenvalue weighted by Crippen LogP contribution is 2.52. The van der Waals surface area contributed by atoms with Crippen molar-refractivity contribution < 1.29 is 14.2 Å². The summed E-state index contributed by atoms with van der Waals surface area (Å²) in [5.74, 6) is 0. The van der Waals surface area contributed by atoms with E-state index < -0.39 is 11.2 Å². The minimum atomic E-state index is -0.455. The lowest BCUT2D eigenvalue weighted by atomic mass is 9.80. The van der Waals surface area contributed by atoms with Gasteiger partial charge in [0.1, 0.15) is 23.4 Å². The van der Waals surface area contributed by atoms with Gasteiger partial charge in [0.25, 0.3) is 0 Å². The van der Waals surface area contributed by atoms with E-state index in [1.165, 1.54) is 114 Å². The van der Waals surface area contributed by atoms with Crippen LogP contribution in [0.2, 0.25) is 0 Å². The Kier molecular flexibility index (Phi) is 15.1. The average molecular weight is 591 g/mol. The topological polar surface area (TPSA) is 34.3 Å². The number of hydrogen-bond donors (Lipinski definition) is 0. The van der Waals surface area contributed by atoms with Gasteiger partial charge >= 0.3 is 0 Å². The highest BCUT2D eigenvalue weighted by Gasteiger charge is 2.58. The normalized spacial score (nSPS) is 20.4. The Morgan fingerprint density at radius 2 is 0.791 bits per heavy atom. The molecule has 3 heteroatoms. The molecule has 3 nitrogen and oxygen atoms in total. The maximum Gasteiger partial charge on any atom is 0.123 e. The van der Waals surface area contributed by atoms with Crippen LogP contribution in [-0.2, 0) is 25.4 Å². The summed E-state index contributed by atoms with van der Waals surface area (Å²) in [5.41, 5.74) is 1.63. The van der Waals surface area contributed by atoms with Gasteiger partial charge in [-0.3, -0.25) is 0 Å². The molecule has 0 N–H and O–H groups in total. The standard InChI is InChI=1S/C40H62O3/c1-3-5-7-9-11-13-15-17-25-31-39(37-33-41-37,35-27-21-19-22-28-35)43-40(38-34-42-38,36-29-23-20-24-30-36)32-26-18-16-14-12-10-8-6-4-2/h19-24,27-30,37-38H,3-18,25-26,31-34H2,1-2H3. The zero-order valence-corrected chi connectivity index (χ0v) is 27.7. The van der Waals surface area contributed by atoms with Crippen molar-refractivity contribution in [3.8, 4) is 0 Å². The minimum Gasteiger partial charge on any atom is -0.370 e. The Morgan fingerprint density at radius 3 is 1.09 bits per heavy atom. The first-order chi connectivity index (χ1) is 21.2. The first-order valence-corrected chi connectivity index (χ1v) is 18.3. The summed E-state index contributed by atoms with van der Waals surface area (Å²) in [7, 11) is 0. The molecule has 2 heterocycles. The minimum absolute atomic E-state index is 0.105. The second kappa shape index (κ2) is 19.0. The second-order valence-corrected chi connectivity index (χ2v) is 13.4. The lowest BCUT2D eigenvalue weighted by molar-refractivity contribution is -0.197. The fourth-order valence-corrected chi connectivity index (χ4v) is 7.13. The Hall–Kier alpha value is -1.68. The van der Waals surface area contributed by atoms with Crippen LogP contribution in [0, 0.1) is 0 Å². The van der Waals surface area contributed by atoms with E-state index >= 15 is 0 Å². The van der Waals surface area contributed by atoms with E-state index in [0.29, 0.717) is 0 Å². The fraction of sp³-hybridized carbons (Fsp3) is 0.700. The van der Waals surface area contributed by atoms with E-state index in [0.717, 1.165) is 38.9 Å². The molecule has 0 aliphatic carbocycles. The van der Waals surface area contributed by atoms with E-state index in [1.54, 1.807) is 0 Å². The molecule has 0 saturated carbocycles. The highest BCUT2D eigenvalue weighted by molar-refractivity contribution is 5.30. The molecule has 2 fully saturated rings. The largest absolute Gasteiger partial charge is 0.370 e. The predicted octanol–water partition coefficient (Wildman–Crippen LogP) is 11.4. The van der Waals surface area contributed by atoms with Crippen LogP contribution in [0.1, 0.15) is 153 Å². The Labute approximate surface area is 264 Å². The van der Waals surface area contributed by atoms with Gasteiger partial charge < -0.3 is 14.2 Å². The van der Waals surface area contributed by atoms with Gasteiger partial charge in [0.05, 0.1) is 13.2 Å². The molecule has 0 spiro atoms. The van der Waals surface area contributed by atoms with Gasteiger partial charge in [0.15, 0.2) is 0 Å². The van der Waals surface area contributed by atoms with Crippen LogP contribution in [0.3, 0.4) is 0 Å². The molecule has 4 unspecified atom stereocenters. The zero-order valence-electron chi connectivity index (χ0n) is 27.7. The summed E-state index contributed by atoms with van der Waals surface area (Å²) in [6, 6.07) is 22.0. The van der Waals surface area contributed by atoms with Crippen LogP contribution in [0.25, 0.3) is 0 Å². The van der Waals surface area contributed by atoms with Crippen molar-refractivity contribution in [3.05, 3.63) is 71.8 Å². The van der Waals surface area contributed by atoms with E-state index in [9.17, 15) is 0 Å².